The molecule has 1 atom stereocenters. The molecule has 0 bridgehead atoms. The van der Waals surface area contributed by atoms with E-state index in [1.807, 2.05) is 43.8 Å². The summed E-state index contributed by atoms with van der Waals surface area (Å²) in [5.74, 6) is 0. The molecule has 0 unspecified atom stereocenters. The van der Waals surface area contributed by atoms with Crippen molar-refractivity contribution < 1.29 is 4.79 Å². The van der Waals surface area contributed by atoms with Gasteiger partial charge in [-0.2, -0.15) is 0 Å². The maximum Gasteiger partial charge on any atom is 0.315 e. The SMILES string of the molecule is Cc1ccc(CNC(=O)N[C@H](C)Cn2ccnc2)n1C. The van der Waals surface area contributed by atoms with Crippen LogP contribution in [0.1, 0.15) is 18.3 Å². The third kappa shape index (κ3) is 3.63. The van der Waals surface area contributed by atoms with Crippen molar-refractivity contribution in [3.8, 4) is 0 Å². The second-order valence-electron chi connectivity index (χ2n) is 5.01. The number of hydrogen-bond donors (Lipinski definition) is 2. The molecule has 0 aliphatic rings. The van der Waals surface area contributed by atoms with Crippen LogP contribution in [-0.4, -0.2) is 26.2 Å². The third-order valence-electron chi connectivity index (χ3n) is 3.33. The standard InChI is InChI=1S/C14H21N5O/c1-11(9-19-7-6-15-10-19)17-14(20)16-8-13-5-4-12(2)18(13)3/h4-7,10-11H,8-9H2,1-3H3,(H2,16,17,20)/t11-/m1/s1. The first-order valence-corrected chi connectivity index (χ1v) is 6.67. The van der Waals surface area contributed by atoms with E-state index in [0.717, 1.165) is 5.69 Å². The number of rotatable bonds is 5. The molecule has 0 fully saturated rings. The minimum atomic E-state index is -0.156. The molecule has 2 heterocycles. The molecule has 2 aromatic heterocycles. The van der Waals surface area contributed by atoms with Gasteiger partial charge in [-0.3, -0.25) is 0 Å². The van der Waals surface area contributed by atoms with Gasteiger partial charge in [0.25, 0.3) is 0 Å². The van der Waals surface area contributed by atoms with Crippen molar-refractivity contribution in [2.75, 3.05) is 0 Å². The summed E-state index contributed by atoms with van der Waals surface area (Å²) in [6.07, 6.45) is 5.34. The summed E-state index contributed by atoms with van der Waals surface area (Å²) in [5.41, 5.74) is 2.26. The topological polar surface area (TPSA) is 63.9 Å². The molecule has 6 nitrogen and oxygen atoms in total. The summed E-state index contributed by atoms with van der Waals surface area (Å²) in [5, 5.41) is 5.77. The van der Waals surface area contributed by atoms with Crippen LogP contribution in [0.25, 0.3) is 0 Å². The number of urea groups is 1. The summed E-state index contributed by atoms with van der Waals surface area (Å²) in [7, 11) is 1.99. The molecule has 0 aliphatic heterocycles. The molecule has 108 valence electrons. The average molecular weight is 275 g/mol. The number of aryl methyl sites for hydroxylation is 1. The van der Waals surface area contributed by atoms with Crippen LogP contribution in [0, 0.1) is 6.92 Å². The van der Waals surface area contributed by atoms with E-state index in [4.69, 9.17) is 0 Å². The minimum absolute atomic E-state index is 0.0411. The van der Waals surface area contributed by atoms with Gasteiger partial charge in [0.2, 0.25) is 0 Å². The Labute approximate surface area is 118 Å². The van der Waals surface area contributed by atoms with Crippen molar-refractivity contribution in [2.24, 2.45) is 7.05 Å². The van der Waals surface area contributed by atoms with Gasteiger partial charge in [0.1, 0.15) is 0 Å². The molecule has 2 aromatic rings. The van der Waals surface area contributed by atoms with E-state index in [1.165, 1.54) is 5.69 Å². The van der Waals surface area contributed by atoms with Crippen LogP contribution in [0.2, 0.25) is 0 Å². The van der Waals surface area contributed by atoms with Crippen molar-refractivity contribution >= 4 is 6.03 Å². The monoisotopic (exact) mass is 275 g/mol. The van der Waals surface area contributed by atoms with Crippen LogP contribution in [0.5, 0.6) is 0 Å². The number of imidazole rings is 1. The fraction of sp³-hybridized carbons (Fsp3) is 0.429. The van der Waals surface area contributed by atoms with E-state index in [9.17, 15) is 4.79 Å². The predicted octanol–water partition coefficient (Wildman–Crippen LogP) is 1.42. The summed E-state index contributed by atoms with van der Waals surface area (Å²) in [4.78, 5) is 15.8. The molecule has 0 aromatic carbocycles. The zero-order chi connectivity index (χ0) is 14.5. The first-order chi connectivity index (χ1) is 9.56. The number of nitrogens with zero attached hydrogens (tertiary/aromatic N) is 3. The van der Waals surface area contributed by atoms with Gasteiger partial charge in [-0.1, -0.05) is 0 Å². The highest BCUT2D eigenvalue weighted by molar-refractivity contribution is 5.74. The molecule has 0 spiro atoms. The van der Waals surface area contributed by atoms with Crippen molar-refractivity contribution in [1.29, 1.82) is 0 Å². The van der Waals surface area contributed by atoms with Crippen molar-refractivity contribution in [3.63, 3.8) is 0 Å². The highest BCUT2D eigenvalue weighted by atomic mass is 16.2. The van der Waals surface area contributed by atoms with Crippen LogP contribution in [0.3, 0.4) is 0 Å². The number of amides is 2. The quantitative estimate of drug-likeness (QED) is 0.866. The Morgan fingerprint density at radius 3 is 2.85 bits per heavy atom. The van der Waals surface area contributed by atoms with Crippen LogP contribution in [0.4, 0.5) is 4.79 Å². The molecular formula is C14H21N5O. The van der Waals surface area contributed by atoms with Gasteiger partial charge < -0.3 is 19.8 Å². The molecule has 2 amide bonds. The Morgan fingerprint density at radius 2 is 2.25 bits per heavy atom. The van der Waals surface area contributed by atoms with Gasteiger partial charge in [-0.05, 0) is 26.0 Å². The lowest BCUT2D eigenvalue weighted by Gasteiger charge is -2.15. The van der Waals surface area contributed by atoms with Gasteiger partial charge in [0.05, 0.1) is 12.9 Å². The number of carbonyl (C=O) groups is 1. The summed E-state index contributed by atoms with van der Waals surface area (Å²) < 4.78 is 4.00. The summed E-state index contributed by atoms with van der Waals surface area (Å²) >= 11 is 0. The lowest BCUT2D eigenvalue weighted by molar-refractivity contribution is 0.236. The van der Waals surface area contributed by atoms with Crippen molar-refractivity contribution in [1.82, 2.24) is 24.8 Å². The predicted molar refractivity (Wildman–Crippen MR) is 77.2 cm³/mol. The van der Waals surface area contributed by atoms with Crippen LogP contribution in [-0.2, 0) is 20.1 Å². The molecule has 6 heteroatoms. The maximum atomic E-state index is 11.8. The van der Waals surface area contributed by atoms with Gasteiger partial charge in [-0.15, -0.1) is 0 Å². The largest absolute Gasteiger partial charge is 0.350 e. The first kappa shape index (κ1) is 14.2. The number of carbonyl (C=O) groups excluding carboxylic acids is 1. The molecule has 2 rings (SSSR count). The van der Waals surface area contributed by atoms with E-state index in [2.05, 4.69) is 20.2 Å². The normalized spacial score (nSPS) is 12.2. The van der Waals surface area contributed by atoms with Gasteiger partial charge in [0.15, 0.2) is 0 Å². The van der Waals surface area contributed by atoms with Crippen LogP contribution in [0.15, 0.2) is 30.9 Å². The molecule has 0 radical (unpaired) electrons. The molecule has 20 heavy (non-hydrogen) atoms. The van der Waals surface area contributed by atoms with Crippen molar-refractivity contribution in [3.05, 3.63) is 42.2 Å². The zero-order valence-electron chi connectivity index (χ0n) is 12.1. The van der Waals surface area contributed by atoms with Crippen molar-refractivity contribution in [2.45, 2.75) is 33.0 Å². The molecular weight excluding hydrogens is 254 g/mol. The molecule has 2 N–H and O–H groups in total. The second kappa shape index (κ2) is 6.27. The number of nitrogens with one attached hydrogen (secondary N) is 2. The maximum absolute atomic E-state index is 11.8. The Hall–Kier alpha value is -2.24. The highest BCUT2D eigenvalue weighted by Crippen LogP contribution is 2.04. The second-order valence-corrected chi connectivity index (χ2v) is 5.01. The molecule has 0 saturated carbocycles. The Bertz CT molecular complexity index is 558. The average Bonchev–Trinajstić information content (AvgIpc) is 3.00. The van der Waals surface area contributed by atoms with E-state index < -0.39 is 0 Å². The Kier molecular flexibility index (Phi) is 4.45. The first-order valence-electron chi connectivity index (χ1n) is 6.67. The Morgan fingerprint density at radius 1 is 1.45 bits per heavy atom. The minimum Gasteiger partial charge on any atom is -0.350 e. The van der Waals surface area contributed by atoms with E-state index in [-0.39, 0.29) is 12.1 Å². The van der Waals surface area contributed by atoms with Gasteiger partial charge in [0, 0.05) is 43.4 Å². The fourth-order valence-corrected chi connectivity index (χ4v) is 2.05. The van der Waals surface area contributed by atoms with Gasteiger partial charge in [-0.25, -0.2) is 9.78 Å². The molecule has 0 saturated heterocycles. The zero-order valence-corrected chi connectivity index (χ0v) is 12.1. The lowest BCUT2D eigenvalue weighted by Crippen LogP contribution is -2.42. The number of aromatic nitrogens is 3. The smallest absolute Gasteiger partial charge is 0.315 e. The fourth-order valence-electron chi connectivity index (χ4n) is 2.05. The van der Waals surface area contributed by atoms with E-state index in [0.29, 0.717) is 13.1 Å². The summed E-state index contributed by atoms with van der Waals surface area (Å²) in [6, 6.07) is 3.94. The lowest BCUT2D eigenvalue weighted by atomic mass is 10.3. The highest BCUT2D eigenvalue weighted by Gasteiger charge is 2.08. The van der Waals surface area contributed by atoms with E-state index >= 15 is 0 Å². The Balaban J connectivity index is 1.76. The van der Waals surface area contributed by atoms with E-state index in [1.54, 1.807) is 12.5 Å². The molecule has 0 aliphatic carbocycles. The third-order valence-corrected chi connectivity index (χ3v) is 3.33. The number of hydrogen-bond acceptors (Lipinski definition) is 2. The van der Waals surface area contributed by atoms with Gasteiger partial charge >= 0.3 is 6.03 Å². The van der Waals surface area contributed by atoms with Crippen LogP contribution >= 0.6 is 0 Å². The van der Waals surface area contributed by atoms with Crippen LogP contribution < -0.4 is 10.6 Å². The summed E-state index contributed by atoms with van der Waals surface area (Å²) in [6.45, 7) is 5.23.